The van der Waals surface area contributed by atoms with E-state index in [1.54, 1.807) is 32.2 Å². The number of methoxy groups -OCH3 is 1. The maximum atomic E-state index is 12.2. The third kappa shape index (κ3) is 3.28. The number of carbonyl (C=O) groups excluding carboxylic acids is 2. The Hall–Kier alpha value is -2.57. The third-order valence-electron chi connectivity index (χ3n) is 3.76. The number of amides is 3. The van der Waals surface area contributed by atoms with Gasteiger partial charge in [-0.15, -0.1) is 5.01 Å². The number of carbonyl (C=O) groups is 2. The molecule has 1 fully saturated rings. The first-order valence-electron chi connectivity index (χ1n) is 7.46. The van der Waals surface area contributed by atoms with Crippen LogP contribution in [0.2, 0.25) is 0 Å². The summed E-state index contributed by atoms with van der Waals surface area (Å²) in [6.07, 6.45) is 1.94. The molecule has 1 aromatic rings. The Morgan fingerprint density at radius 1 is 1.30 bits per heavy atom. The monoisotopic (exact) mass is 319 g/mol. The van der Waals surface area contributed by atoms with Crippen LogP contribution in [0.25, 0.3) is 0 Å². The van der Waals surface area contributed by atoms with Gasteiger partial charge in [0.15, 0.2) is 11.5 Å². The molecule has 1 aromatic carbocycles. The number of benzene rings is 1. The van der Waals surface area contributed by atoms with Crippen molar-refractivity contribution in [3.05, 3.63) is 23.8 Å². The van der Waals surface area contributed by atoms with Crippen LogP contribution in [-0.4, -0.2) is 42.4 Å². The van der Waals surface area contributed by atoms with Crippen molar-refractivity contribution in [2.45, 2.75) is 32.7 Å². The van der Waals surface area contributed by atoms with E-state index in [4.69, 9.17) is 9.47 Å². The van der Waals surface area contributed by atoms with Gasteiger partial charge in [-0.3, -0.25) is 4.79 Å². The molecule has 0 aromatic heterocycles. The Morgan fingerprint density at radius 2 is 2.04 bits per heavy atom. The summed E-state index contributed by atoms with van der Waals surface area (Å²) in [6, 6.07) is 4.74. The number of ether oxygens (including phenoxy) is 2. The molecule has 1 aliphatic heterocycles. The summed E-state index contributed by atoms with van der Waals surface area (Å²) in [4.78, 5) is 24.1. The maximum Gasteiger partial charge on any atom is 0.346 e. The van der Waals surface area contributed by atoms with Crippen LogP contribution in [0.3, 0.4) is 0 Å². The van der Waals surface area contributed by atoms with Gasteiger partial charge in [0.05, 0.1) is 19.9 Å². The van der Waals surface area contributed by atoms with Gasteiger partial charge in [0.1, 0.15) is 5.54 Å². The zero-order chi connectivity index (χ0) is 17.0. The lowest BCUT2D eigenvalue weighted by Gasteiger charge is -2.17. The first-order valence-corrected chi connectivity index (χ1v) is 7.46. The fraction of sp³-hybridized carbons (Fsp3) is 0.438. The smallest absolute Gasteiger partial charge is 0.346 e. The van der Waals surface area contributed by atoms with Crippen molar-refractivity contribution < 1.29 is 19.1 Å². The van der Waals surface area contributed by atoms with Crippen LogP contribution in [0, 0.1) is 0 Å². The highest BCUT2D eigenvalue weighted by Gasteiger charge is 2.46. The summed E-state index contributed by atoms with van der Waals surface area (Å²) in [7, 11) is 1.54. The lowest BCUT2D eigenvalue weighted by Crippen LogP contribution is -2.42. The molecule has 0 bridgehead atoms. The highest BCUT2D eigenvalue weighted by Crippen LogP contribution is 2.27. The fourth-order valence-electron chi connectivity index (χ4n) is 2.18. The summed E-state index contributed by atoms with van der Waals surface area (Å²) in [6.45, 7) is 5.93. The SMILES string of the molecule is CCOc1ccc(C=NN2C(=O)NC(C)(CC)C2=O)cc1OC. The van der Waals surface area contributed by atoms with E-state index in [0.717, 1.165) is 5.01 Å². The number of urea groups is 1. The number of nitrogens with one attached hydrogen (secondary N) is 1. The predicted molar refractivity (Wildman–Crippen MR) is 85.8 cm³/mol. The lowest BCUT2D eigenvalue weighted by molar-refractivity contribution is -0.130. The van der Waals surface area contributed by atoms with E-state index in [9.17, 15) is 9.59 Å². The van der Waals surface area contributed by atoms with Gasteiger partial charge in [0, 0.05) is 0 Å². The summed E-state index contributed by atoms with van der Waals surface area (Å²) >= 11 is 0. The number of hydrogen-bond acceptors (Lipinski definition) is 5. The topological polar surface area (TPSA) is 80.2 Å². The van der Waals surface area contributed by atoms with Crippen molar-refractivity contribution in [3.63, 3.8) is 0 Å². The van der Waals surface area contributed by atoms with Crippen LogP contribution in [0.15, 0.2) is 23.3 Å². The molecule has 1 atom stereocenters. The molecule has 1 N–H and O–H groups in total. The summed E-state index contributed by atoms with van der Waals surface area (Å²) in [5, 5.41) is 7.50. The second-order valence-electron chi connectivity index (χ2n) is 5.32. The largest absolute Gasteiger partial charge is 0.493 e. The van der Waals surface area contributed by atoms with Gasteiger partial charge in [-0.1, -0.05) is 6.92 Å². The van der Waals surface area contributed by atoms with E-state index in [1.807, 2.05) is 13.8 Å². The molecular weight excluding hydrogens is 298 g/mol. The Labute approximate surface area is 135 Å². The van der Waals surface area contributed by atoms with Crippen LogP contribution in [0.1, 0.15) is 32.8 Å². The Morgan fingerprint density at radius 3 is 2.61 bits per heavy atom. The second-order valence-corrected chi connectivity index (χ2v) is 5.32. The summed E-state index contributed by atoms with van der Waals surface area (Å²) in [5.41, 5.74) is -0.207. The van der Waals surface area contributed by atoms with Gasteiger partial charge < -0.3 is 14.8 Å². The number of rotatable bonds is 6. The molecule has 124 valence electrons. The minimum absolute atomic E-state index is 0.362. The number of imide groups is 1. The molecule has 1 aliphatic rings. The highest BCUT2D eigenvalue weighted by molar-refractivity contribution is 6.07. The normalized spacial score (nSPS) is 21.0. The van der Waals surface area contributed by atoms with Gasteiger partial charge in [0.25, 0.3) is 5.91 Å². The molecule has 2 rings (SSSR count). The van der Waals surface area contributed by atoms with Crippen molar-refractivity contribution in [1.29, 1.82) is 0 Å². The Bertz CT molecular complexity index is 644. The van der Waals surface area contributed by atoms with Crippen molar-refractivity contribution in [2.75, 3.05) is 13.7 Å². The molecule has 3 amide bonds. The van der Waals surface area contributed by atoms with E-state index in [-0.39, 0.29) is 5.91 Å². The minimum atomic E-state index is -0.898. The summed E-state index contributed by atoms with van der Waals surface area (Å²) < 4.78 is 10.7. The van der Waals surface area contributed by atoms with E-state index in [0.29, 0.717) is 30.1 Å². The van der Waals surface area contributed by atoms with Crippen LogP contribution in [0.4, 0.5) is 4.79 Å². The molecule has 0 spiro atoms. The highest BCUT2D eigenvalue weighted by atomic mass is 16.5. The number of hydrogen-bond donors (Lipinski definition) is 1. The molecule has 0 saturated carbocycles. The van der Waals surface area contributed by atoms with Crippen molar-refractivity contribution in [2.24, 2.45) is 5.10 Å². The Kier molecular flexibility index (Phi) is 4.88. The number of hydrazone groups is 1. The van der Waals surface area contributed by atoms with Gasteiger partial charge in [-0.2, -0.15) is 5.10 Å². The summed E-state index contributed by atoms with van der Waals surface area (Å²) in [5.74, 6) is 0.825. The number of nitrogens with zero attached hydrogens (tertiary/aromatic N) is 2. The molecule has 7 nitrogen and oxygen atoms in total. The van der Waals surface area contributed by atoms with Crippen molar-refractivity contribution >= 4 is 18.2 Å². The standard InChI is InChI=1S/C16H21N3O4/c1-5-16(3)14(20)19(15(21)18-16)17-10-11-7-8-12(23-6-2)13(9-11)22-4/h7-10H,5-6H2,1-4H3,(H,18,21). The molecule has 0 radical (unpaired) electrons. The molecule has 23 heavy (non-hydrogen) atoms. The van der Waals surface area contributed by atoms with Crippen LogP contribution < -0.4 is 14.8 Å². The van der Waals surface area contributed by atoms with E-state index >= 15 is 0 Å². The zero-order valence-corrected chi connectivity index (χ0v) is 13.8. The van der Waals surface area contributed by atoms with Crippen LogP contribution >= 0.6 is 0 Å². The van der Waals surface area contributed by atoms with Gasteiger partial charge >= 0.3 is 6.03 Å². The molecule has 1 heterocycles. The molecule has 7 heteroatoms. The van der Waals surface area contributed by atoms with E-state index < -0.39 is 11.6 Å². The van der Waals surface area contributed by atoms with Gasteiger partial charge in [-0.05, 0) is 44.0 Å². The van der Waals surface area contributed by atoms with Crippen LogP contribution in [0.5, 0.6) is 11.5 Å². The molecule has 1 saturated heterocycles. The van der Waals surface area contributed by atoms with Crippen LogP contribution in [-0.2, 0) is 4.79 Å². The van der Waals surface area contributed by atoms with Crippen molar-refractivity contribution in [1.82, 2.24) is 10.3 Å². The average Bonchev–Trinajstić information content (AvgIpc) is 2.77. The molecular formula is C16H21N3O4. The fourth-order valence-corrected chi connectivity index (χ4v) is 2.18. The van der Waals surface area contributed by atoms with Crippen molar-refractivity contribution in [3.8, 4) is 11.5 Å². The maximum absolute atomic E-state index is 12.2. The lowest BCUT2D eigenvalue weighted by atomic mass is 10.00. The zero-order valence-electron chi connectivity index (χ0n) is 13.8. The predicted octanol–water partition coefficient (Wildman–Crippen LogP) is 2.15. The first kappa shape index (κ1) is 16.8. The Balaban J connectivity index is 2.20. The van der Waals surface area contributed by atoms with E-state index in [2.05, 4.69) is 10.4 Å². The third-order valence-corrected chi connectivity index (χ3v) is 3.76. The molecule has 1 unspecified atom stereocenters. The van der Waals surface area contributed by atoms with Gasteiger partial charge in [-0.25, -0.2) is 4.79 Å². The average molecular weight is 319 g/mol. The first-order chi connectivity index (χ1) is 10.9. The van der Waals surface area contributed by atoms with E-state index in [1.165, 1.54) is 6.21 Å². The quantitative estimate of drug-likeness (QED) is 0.643. The second kappa shape index (κ2) is 6.68. The molecule has 0 aliphatic carbocycles. The minimum Gasteiger partial charge on any atom is -0.493 e. The van der Waals surface area contributed by atoms with Gasteiger partial charge in [0.2, 0.25) is 0 Å².